The highest BCUT2D eigenvalue weighted by Gasteiger charge is 2.15. The van der Waals surface area contributed by atoms with Crippen LogP contribution in [-0.4, -0.2) is 33.3 Å². The van der Waals surface area contributed by atoms with Gasteiger partial charge >= 0.3 is 0 Å². The van der Waals surface area contributed by atoms with Gasteiger partial charge in [-0.25, -0.2) is 13.1 Å². The smallest absolute Gasteiger partial charge is 0.215 e. The molecule has 0 saturated carbocycles. The van der Waals surface area contributed by atoms with Crippen molar-refractivity contribution in [3.05, 3.63) is 12.7 Å². The zero-order chi connectivity index (χ0) is 10.4. The largest absolute Gasteiger partial charge is 0.313 e. The van der Waals surface area contributed by atoms with Crippen molar-refractivity contribution in [3.8, 4) is 0 Å². The van der Waals surface area contributed by atoms with E-state index in [1.807, 2.05) is 0 Å². The van der Waals surface area contributed by atoms with Gasteiger partial charge in [-0.3, -0.25) is 0 Å². The van der Waals surface area contributed by atoms with Crippen LogP contribution in [0.4, 0.5) is 0 Å². The lowest BCUT2D eigenvalue weighted by Crippen LogP contribution is -2.43. The van der Waals surface area contributed by atoms with Crippen molar-refractivity contribution in [2.24, 2.45) is 0 Å². The summed E-state index contributed by atoms with van der Waals surface area (Å²) in [5, 5.41) is 3.28. The van der Waals surface area contributed by atoms with Gasteiger partial charge in [0.2, 0.25) is 10.0 Å². The summed E-state index contributed by atoms with van der Waals surface area (Å²) in [5.74, 6) is -0.000278. The van der Waals surface area contributed by atoms with Crippen LogP contribution in [-0.2, 0) is 10.0 Å². The normalized spacial score (nSPS) is 23.3. The predicted octanol–water partition coefficient (Wildman–Crippen LogP) is 0.234. The van der Waals surface area contributed by atoms with Crippen LogP contribution in [0.25, 0.3) is 0 Å². The first-order valence-electron chi connectivity index (χ1n) is 4.95. The van der Waals surface area contributed by atoms with E-state index in [0.717, 1.165) is 13.0 Å². The monoisotopic (exact) mass is 218 g/mol. The van der Waals surface area contributed by atoms with Gasteiger partial charge in [0.05, 0.1) is 5.75 Å². The molecular weight excluding hydrogens is 200 g/mol. The van der Waals surface area contributed by atoms with Crippen molar-refractivity contribution in [2.75, 3.05) is 18.8 Å². The second kappa shape index (κ2) is 5.48. The van der Waals surface area contributed by atoms with Crippen molar-refractivity contribution < 1.29 is 8.42 Å². The number of hydrogen-bond donors (Lipinski definition) is 2. The van der Waals surface area contributed by atoms with Gasteiger partial charge in [-0.05, 0) is 19.4 Å². The van der Waals surface area contributed by atoms with Crippen LogP contribution in [0.5, 0.6) is 0 Å². The molecule has 0 aliphatic carbocycles. The van der Waals surface area contributed by atoms with Gasteiger partial charge in [-0.2, -0.15) is 0 Å². The van der Waals surface area contributed by atoms with Crippen molar-refractivity contribution in [2.45, 2.75) is 25.3 Å². The van der Waals surface area contributed by atoms with Gasteiger partial charge < -0.3 is 5.32 Å². The average Bonchev–Trinajstić information content (AvgIpc) is 2.17. The molecule has 1 unspecified atom stereocenters. The Morgan fingerprint density at radius 3 is 2.86 bits per heavy atom. The van der Waals surface area contributed by atoms with Gasteiger partial charge in [-0.15, -0.1) is 6.58 Å². The summed E-state index contributed by atoms with van der Waals surface area (Å²) in [5.41, 5.74) is 0. The van der Waals surface area contributed by atoms with E-state index in [4.69, 9.17) is 0 Å². The Labute approximate surface area is 85.8 Å². The van der Waals surface area contributed by atoms with E-state index >= 15 is 0 Å². The molecule has 0 aromatic rings. The zero-order valence-electron chi connectivity index (χ0n) is 8.33. The van der Waals surface area contributed by atoms with Gasteiger partial charge in [0, 0.05) is 12.6 Å². The molecule has 14 heavy (non-hydrogen) atoms. The molecule has 0 aromatic heterocycles. The van der Waals surface area contributed by atoms with Crippen LogP contribution < -0.4 is 10.0 Å². The summed E-state index contributed by atoms with van der Waals surface area (Å²) in [6, 6.07) is 0.295. The van der Waals surface area contributed by atoms with E-state index in [0.29, 0.717) is 12.6 Å². The summed E-state index contributed by atoms with van der Waals surface area (Å²) >= 11 is 0. The minimum atomic E-state index is -3.14. The lowest BCUT2D eigenvalue weighted by Gasteiger charge is -2.23. The fourth-order valence-corrected chi connectivity index (χ4v) is 2.42. The maximum atomic E-state index is 11.3. The molecule has 1 rings (SSSR count). The topological polar surface area (TPSA) is 58.2 Å². The maximum Gasteiger partial charge on any atom is 0.215 e. The van der Waals surface area contributed by atoms with E-state index in [-0.39, 0.29) is 5.75 Å². The van der Waals surface area contributed by atoms with E-state index in [1.54, 1.807) is 0 Å². The predicted molar refractivity (Wildman–Crippen MR) is 57.6 cm³/mol. The molecular formula is C9H18N2O2S. The summed E-state index contributed by atoms with van der Waals surface area (Å²) in [4.78, 5) is 0. The van der Waals surface area contributed by atoms with Crippen molar-refractivity contribution >= 4 is 10.0 Å². The van der Waals surface area contributed by atoms with Gasteiger partial charge in [0.15, 0.2) is 0 Å². The van der Waals surface area contributed by atoms with Gasteiger partial charge in [-0.1, -0.05) is 12.5 Å². The first kappa shape index (κ1) is 11.7. The first-order valence-corrected chi connectivity index (χ1v) is 6.61. The van der Waals surface area contributed by atoms with Crippen molar-refractivity contribution in [3.63, 3.8) is 0 Å². The third-order valence-corrected chi connectivity index (χ3v) is 3.58. The Morgan fingerprint density at radius 2 is 2.29 bits per heavy atom. The summed E-state index contributed by atoms with van der Waals surface area (Å²) in [7, 11) is -3.14. The Hall–Kier alpha value is -0.390. The number of piperidine rings is 1. The molecule has 1 atom stereocenters. The van der Waals surface area contributed by atoms with Gasteiger partial charge in [0.1, 0.15) is 0 Å². The fourth-order valence-electron chi connectivity index (χ4n) is 1.54. The first-order chi connectivity index (χ1) is 6.64. The van der Waals surface area contributed by atoms with E-state index < -0.39 is 10.0 Å². The Bertz CT molecular complexity index is 269. The molecule has 82 valence electrons. The van der Waals surface area contributed by atoms with Crippen molar-refractivity contribution in [1.82, 2.24) is 10.0 Å². The minimum absolute atomic E-state index is 0.000278. The summed E-state index contributed by atoms with van der Waals surface area (Å²) < 4.78 is 25.1. The molecule has 1 saturated heterocycles. The number of nitrogens with one attached hydrogen (secondary N) is 2. The number of rotatable bonds is 5. The van der Waals surface area contributed by atoms with Gasteiger partial charge in [0.25, 0.3) is 0 Å². The molecule has 1 fully saturated rings. The van der Waals surface area contributed by atoms with Crippen LogP contribution in [0.15, 0.2) is 12.7 Å². The maximum absolute atomic E-state index is 11.3. The molecule has 1 aliphatic rings. The van der Waals surface area contributed by atoms with E-state index in [1.165, 1.54) is 18.9 Å². The van der Waals surface area contributed by atoms with Crippen LogP contribution in [0.1, 0.15) is 19.3 Å². The molecule has 0 spiro atoms. The molecule has 0 aromatic carbocycles. The average molecular weight is 218 g/mol. The lowest BCUT2D eigenvalue weighted by atomic mass is 10.1. The summed E-state index contributed by atoms with van der Waals surface area (Å²) in [6.45, 7) is 4.90. The quantitative estimate of drug-likeness (QED) is 0.650. The number of sulfonamides is 1. The minimum Gasteiger partial charge on any atom is -0.313 e. The third-order valence-electron chi connectivity index (χ3n) is 2.30. The zero-order valence-corrected chi connectivity index (χ0v) is 9.15. The Morgan fingerprint density at radius 1 is 1.50 bits per heavy atom. The van der Waals surface area contributed by atoms with Crippen LogP contribution in [0, 0.1) is 0 Å². The molecule has 0 radical (unpaired) electrons. The molecule has 5 heteroatoms. The highest BCUT2D eigenvalue weighted by Crippen LogP contribution is 2.05. The van der Waals surface area contributed by atoms with Crippen LogP contribution in [0.2, 0.25) is 0 Å². The number of hydrogen-bond acceptors (Lipinski definition) is 3. The molecule has 0 bridgehead atoms. The Kier molecular flexibility index (Phi) is 4.57. The van der Waals surface area contributed by atoms with Crippen LogP contribution in [0.3, 0.4) is 0 Å². The third kappa shape index (κ3) is 4.21. The van der Waals surface area contributed by atoms with E-state index in [9.17, 15) is 8.42 Å². The molecule has 2 N–H and O–H groups in total. The molecule has 4 nitrogen and oxygen atoms in total. The molecule has 0 amide bonds. The second-order valence-corrected chi connectivity index (χ2v) is 5.42. The highest BCUT2D eigenvalue weighted by atomic mass is 32.2. The van der Waals surface area contributed by atoms with Crippen molar-refractivity contribution in [1.29, 1.82) is 0 Å². The highest BCUT2D eigenvalue weighted by molar-refractivity contribution is 7.89. The SMILES string of the molecule is C=CCS(=O)(=O)NCC1CCCCN1. The fraction of sp³-hybridized carbons (Fsp3) is 0.778. The second-order valence-electron chi connectivity index (χ2n) is 3.57. The Balaban J connectivity index is 2.28. The lowest BCUT2D eigenvalue weighted by molar-refractivity contribution is 0.398. The standard InChI is InChI=1S/C9H18N2O2S/c1-2-7-14(12,13)11-8-9-5-3-4-6-10-9/h2,9-11H,1,3-8H2. The molecule has 1 aliphatic heterocycles. The van der Waals surface area contributed by atoms with E-state index in [2.05, 4.69) is 16.6 Å². The molecule has 1 heterocycles. The van der Waals surface area contributed by atoms with Crippen LogP contribution >= 0.6 is 0 Å². The summed E-state index contributed by atoms with van der Waals surface area (Å²) in [6.07, 6.45) is 4.82.